The Hall–Kier alpha value is -1.50. The molecule has 6 nitrogen and oxygen atoms in total. The van der Waals surface area contributed by atoms with E-state index in [0.29, 0.717) is 30.4 Å². The molecule has 0 aliphatic heterocycles. The molecule has 1 aromatic rings. The van der Waals surface area contributed by atoms with Gasteiger partial charge in [0.1, 0.15) is 15.7 Å². The zero-order chi connectivity index (χ0) is 14.5. The largest absolute Gasteiger partial charge is 0.473 e. The van der Waals surface area contributed by atoms with Crippen molar-refractivity contribution in [2.75, 3.05) is 29.6 Å². The molecular weight excluding hydrogens is 266 g/mol. The van der Waals surface area contributed by atoms with Crippen LogP contribution in [0.3, 0.4) is 0 Å². The molecule has 0 aliphatic rings. The number of nitrogens with two attached hydrogens (primary N) is 1. The van der Waals surface area contributed by atoms with E-state index in [1.165, 1.54) is 6.26 Å². The van der Waals surface area contributed by atoms with E-state index in [1.54, 1.807) is 12.1 Å². The SMILES string of the molecule is CC(C)Oc1nc(NCCCS(C)(=O)=O)ccc1N. The van der Waals surface area contributed by atoms with Gasteiger partial charge in [0.25, 0.3) is 0 Å². The Kier molecular flexibility index (Phi) is 5.41. The molecule has 0 spiro atoms. The summed E-state index contributed by atoms with van der Waals surface area (Å²) in [5.74, 6) is 1.17. The number of hydrogen-bond acceptors (Lipinski definition) is 6. The van der Waals surface area contributed by atoms with Crippen LogP contribution in [0.15, 0.2) is 12.1 Å². The molecule has 0 bridgehead atoms. The first-order valence-corrected chi connectivity index (χ1v) is 8.19. The lowest BCUT2D eigenvalue weighted by Gasteiger charge is -2.12. The number of hydrogen-bond donors (Lipinski definition) is 2. The summed E-state index contributed by atoms with van der Waals surface area (Å²) in [4.78, 5) is 4.24. The lowest BCUT2D eigenvalue weighted by atomic mass is 10.3. The first kappa shape index (κ1) is 15.6. The van der Waals surface area contributed by atoms with Crippen LogP contribution in [0.4, 0.5) is 11.5 Å². The number of aromatic nitrogens is 1. The minimum atomic E-state index is -2.91. The predicted octanol–water partition coefficient (Wildman–Crippen LogP) is 1.30. The molecule has 1 rings (SSSR count). The molecule has 0 unspecified atom stereocenters. The van der Waals surface area contributed by atoms with Crippen molar-refractivity contribution >= 4 is 21.3 Å². The molecule has 0 saturated heterocycles. The average Bonchev–Trinajstić information content (AvgIpc) is 2.26. The fraction of sp³-hybridized carbons (Fsp3) is 0.583. The van der Waals surface area contributed by atoms with E-state index >= 15 is 0 Å². The van der Waals surface area contributed by atoms with Gasteiger partial charge in [0.05, 0.1) is 17.5 Å². The standard InChI is InChI=1S/C12H21N3O3S/c1-9(2)18-12-10(13)5-6-11(15-12)14-7-4-8-19(3,16)17/h5-6,9H,4,7-8,13H2,1-3H3,(H,14,15). The van der Waals surface area contributed by atoms with Crippen molar-refractivity contribution in [3.63, 3.8) is 0 Å². The number of sulfone groups is 1. The summed E-state index contributed by atoms with van der Waals surface area (Å²) < 4.78 is 27.4. The van der Waals surface area contributed by atoms with Crippen LogP contribution in [0, 0.1) is 0 Å². The van der Waals surface area contributed by atoms with E-state index in [9.17, 15) is 8.42 Å². The molecule has 1 heterocycles. The van der Waals surface area contributed by atoms with Gasteiger partial charge in [-0.25, -0.2) is 8.42 Å². The van der Waals surface area contributed by atoms with E-state index in [4.69, 9.17) is 10.5 Å². The van der Waals surface area contributed by atoms with E-state index in [1.807, 2.05) is 13.8 Å². The van der Waals surface area contributed by atoms with E-state index in [0.717, 1.165) is 0 Å². The summed E-state index contributed by atoms with van der Waals surface area (Å²) in [6.45, 7) is 4.33. The van der Waals surface area contributed by atoms with Gasteiger partial charge in [-0.05, 0) is 32.4 Å². The van der Waals surface area contributed by atoms with Gasteiger partial charge in [-0.1, -0.05) is 0 Å². The highest BCUT2D eigenvalue weighted by molar-refractivity contribution is 7.90. The summed E-state index contributed by atoms with van der Waals surface area (Å²) in [6.07, 6.45) is 1.75. The second kappa shape index (κ2) is 6.60. The van der Waals surface area contributed by atoms with Gasteiger partial charge in [0, 0.05) is 12.8 Å². The maximum atomic E-state index is 11.0. The maximum Gasteiger partial charge on any atom is 0.239 e. The Morgan fingerprint density at radius 2 is 2.11 bits per heavy atom. The summed E-state index contributed by atoms with van der Waals surface area (Å²) in [6, 6.07) is 3.45. The van der Waals surface area contributed by atoms with Gasteiger partial charge < -0.3 is 15.8 Å². The van der Waals surface area contributed by atoms with Gasteiger partial charge >= 0.3 is 0 Å². The van der Waals surface area contributed by atoms with Gasteiger partial charge in [-0.2, -0.15) is 4.98 Å². The third-order valence-corrected chi connectivity index (χ3v) is 3.27. The van der Waals surface area contributed by atoms with E-state index in [2.05, 4.69) is 10.3 Å². The molecule has 0 amide bonds. The van der Waals surface area contributed by atoms with Crippen LogP contribution in [-0.2, 0) is 9.84 Å². The van der Waals surface area contributed by atoms with Crippen LogP contribution < -0.4 is 15.8 Å². The highest BCUT2D eigenvalue weighted by atomic mass is 32.2. The molecule has 0 aliphatic carbocycles. The predicted molar refractivity (Wildman–Crippen MR) is 77.2 cm³/mol. The zero-order valence-corrected chi connectivity index (χ0v) is 12.3. The van der Waals surface area contributed by atoms with Crippen LogP contribution in [-0.4, -0.2) is 38.1 Å². The number of nitrogens with one attached hydrogen (secondary N) is 1. The lowest BCUT2D eigenvalue weighted by Crippen LogP contribution is -2.12. The molecule has 7 heteroatoms. The second-order valence-corrected chi connectivity index (χ2v) is 6.93. The molecule has 0 fully saturated rings. The molecule has 108 valence electrons. The number of pyridine rings is 1. The smallest absolute Gasteiger partial charge is 0.239 e. The Morgan fingerprint density at radius 1 is 1.42 bits per heavy atom. The van der Waals surface area contributed by atoms with Crippen LogP contribution in [0.5, 0.6) is 5.88 Å². The monoisotopic (exact) mass is 287 g/mol. The highest BCUT2D eigenvalue weighted by Crippen LogP contribution is 2.21. The molecule has 19 heavy (non-hydrogen) atoms. The fourth-order valence-corrected chi connectivity index (χ4v) is 2.09. The van der Waals surface area contributed by atoms with E-state index in [-0.39, 0.29) is 11.9 Å². The van der Waals surface area contributed by atoms with Crippen LogP contribution in [0.1, 0.15) is 20.3 Å². The van der Waals surface area contributed by atoms with Crippen molar-refractivity contribution in [2.45, 2.75) is 26.4 Å². The van der Waals surface area contributed by atoms with Crippen molar-refractivity contribution in [3.05, 3.63) is 12.1 Å². The average molecular weight is 287 g/mol. The molecular formula is C12H21N3O3S. The summed E-state index contributed by atoms with van der Waals surface area (Å²) >= 11 is 0. The molecule has 3 N–H and O–H groups in total. The minimum absolute atomic E-state index is 0.00437. The van der Waals surface area contributed by atoms with Crippen molar-refractivity contribution < 1.29 is 13.2 Å². The first-order chi connectivity index (χ1) is 8.78. The molecule has 0 aromatic carbocycles. The Balaban J connectivity index is 2.55. The van der Waals surface area contributed by atoms with Gasteiger partial charge in [0.15, 0.2) is 0 Å². The van der Waals surface area contributed by atoms with Gasteiger partial charge in [-0.15, -0.1) is 0 Å². The second-order valence-electron chi connectivity index (χ2n) is 4.67. The number of rotatable bonds is 7. The molecule has 0 atom stereocenters. The lowest BCUT2D eigenvalue weighted by molar-refractivity contribution is 0.234. The van der Waals surface area contributed by atoms with Crippen molar-refractivity contribution in [1.82, 2.24) is 4.98 Å². The Morgan fingerprint density at radius 3 is 2.68 bits per heavy atom. The van der Waals surface area contributed by atoms with Crippen LogP contribution in [0.2, 0.25) is 0 Å². The molecule has 0 radical (unpaired) electrons. The Labute approximate surface area is 114 Å². The summed E-state index contributed by atoms with van der Waals surface area (Å²) in [5, 5.41) is 3.05. The molecule has 1 aromatic heterocycles. The normalized spacial score (nSPS) is 11.6. The first-order valence-electron chi connectivity index (χ1n) is 6.12. The fourth-order valence-electron chi connectivity index (χ4n) is 1.42. The quantitative estimate of drug-likeness (QED) is 0.734. The molecule has 0 saturated carbocycles. The topological polar surface area (TPSA) is 94.3 Å². The third kappa shape index (κ3) is 6.28. The minimum Gasteiger partial charge on any atom is -0.473 e. The van der Waals surface area contributed by atoms with Crippen LogP contribution in [0.25, 0.3) is 0 Å². The summed E-state index contributed by atoms with van der Waals surface area (Å²) in [5.41, 5.74) is 6.24. The van der Waals surface area contributed by atoms with Crippen molar-refractivity contribution in [1.29, 1.82) is 0 Å². The number of ether oxygens (including phenoxy) is 1. The third-order valence-electron chi connectivity index (χ3n) is 2.24. The highest BCUT2D eigenvalue weighted by Gasteiger charge is 2.06. The summed E-state index contributed by atoms with van der Waals surface area (Å²) in [7, 11) is -2.91. The van der Waals surface area contributed by atoms with Crippen molar-refractivity contribution in [2.24, 2.45) is 0 Å². The number of anilines is 2. The zero-order valence-electron chi connectivity index (χ0n) is 11.5. The van der Waals surface area contributed by atoms with Crippen molar-refractivity contribution in [3.8, 4) is 5.88 Å². The Bertz CT molecular complexity index is 515. The van der Waals surface area contributed by atoms with Gasteiger partial charge in [-0.3, -0.25) is 0 Å². The van der Waals surface area contributed by atoms with E-state index < -0.39 is 9.84 Å². The maximum absolute atomic E-state index is 11.0. The van der Waals surface area contributed by atoms with Crippen LogP contribution >= 0.6 is 0 Å². The van der Waals surface area contributed by atoms with Gasteiger partial charge in [0.2, 0.25) is 5.88 Å². The number of nitrogen functional groups attached to an aromatic ring is 1. The number of nitrogens with zero attached hydrogens (tertiary/aromatic N) is 1.